The van der Waals surface area contributed by atoms with Crippen molar-refractivity contribution < 1.29 is 0 Å². The van der Waals surface area contributed by atoms with E-state index in [1.807, 2.05) is 19.1 Å². The average Bonchev–Trinajstić information content (AvgIpc) is 2.17. The highest BCUT2D eigenvalue weighted by Gasteiger charge is 2.04. The highest BCUT2D eigenvalue weighted by Crippen LogP contribution is 2.23. The van der Waals surface area contributed by atoms with Crippen molar-refractivity contribution in [3.63, 3.8) is 0 Å². The van der Waals surface area contributed by atoms with E-state index in [1.54, 1.807) is 6.20 Å². The minimum Gasteiger partial charge on any atom is -0.383 e. The standard InChI is InChI=1S/C12H13N3/c1-8-4-3-5-10(6-8)11-7-14-9(2)15-12(11)13/h3-7H,1-2H3,(H2,13,14,15). The molecule has 15 heavy (non-hydrogen) atoms. The highest BCUT2D eigenvalue weighted by atomic mass is 14.9. The lowest BCUT2D eigenvalue weighted by molar-refractivity contribution is 1.06. The van der Waals surface area contributed by atoms with Crippen LogP contribution in [0.2, 0.25) is 0 Å². The number of nitrogens with two attached hydrogens (primary N) is 1. The minimum atomic E-state index is 0.535. The van der Waals surface area contributed by atoms with Gasteiger partial charge in [0.2, 0.25) is 0 Å². The molecule has 0 aliphatic heterocycles. The van der Waals surface area contributed by atoms with Crippen LogP contribution in [-0.2, 0) is 0 Å². The predicted octanol–water partition coefficient (Wildman–Crippen LogP) is 2.34. The van der Waals surface area contributed by atoms with Crippen LogP contribution in [0.25, 0.3) is 11.1 Å². The molecule has 0 aliphatic carbocycles. The van der Waals surface area contributed by atoms with Crippen LogP contribution in [0.1, 0.15) is 11.4 Å². The van der Waals surface area contributed by atoms with Gasteiger partial charge in [-0.1, -0.05) is 29.8 Å². The maximum Gasteiger partial charge on any atom is 0.135 e. The van der Waals surface area contributed by atoms with Crippen molar-refractivity contribution in [2.45, 2.75) is 13.8 Å². The third-order valence-corrected chi connectivity index (χ3v) is 2.27. The Labute approximate surface area is 89.0 Å². The number of benzene rings is 1. The SMILES string of the molecule is Cc1cccc(-c2cnc(C)nc2N)c1. The van der Waals surface area contributed by atoms with Gasteiger partial charge in [-0.3, -0.25) is 0 Å². The number of anilines is 1. The Bertz CT molecular complexity index is 492. The van der Waals surface area contributed by atoms with E-state index in [9.17, 15) is 0 Å². The summed E-state index contributed by atoms with van der Waals surface area (Å²) in [7, 11) is 0. The Morgan fingerprint density at radius 3 is 2.67 bits per heavy atom. The van der Waals surface area contributed by atoms with E-state index in [4.69, 9.17) is 5.73 Å². The second-order valence-corrected chi connectivity index (χ2v) is 3.59. The summed E-state index contributed by atoms with van der Waals surface area (Å²) < 4.78 is 0. The first-order valence-electron chi connectivity index (χ1n) is 4.83. The molecule has 76 valence electrons. The van der Waals surface area contributed by atoms with Crippen molar-refractivity contribution in [2.24, 2.45) is 0 Å². The van der Waals surface area contributed by atoms with Gasteiger partial charge >= 0.3 is 0 Å². The molecular weight excluding hydrogens is 186 g/mol. The van der Waals surface area contributed by atoms with E-state index < -0.39 is 0 Å². The maximum atomic E-state index is 5.85. The van der Waals surface area contributed by atoms with Crippen LogP contribution >= 0.6 is 0 Å². The molecule has 1 heterocycles. The van der Waals surface area contributed by atoms with E-state index in [2.05, 4.69) is 29.0 Å². The molecule has 0 atom stereocenters. The van der Waals surface area contributed by atoms with Gasteiger partial charge in [0.1, 0.15) is 11.6 Å². The normalized spacial score (nSPS) is 10.3. The fraction of sp³-hybridized carbons (Fsp3) is 0.167. The lowest BCUT2D eigenvalue weighted by atomic mass is 10.1. The van der Waals surface area contributed by atoms with Crippen LogP contribution in [0.4, 0.5) is 5.82 Å². The van der Waals surface area contributed by atoms with Crippen molar-refractivity contribution >= 4 is 5.82 Å². The number of nitrogen functional groups attached to an aromatic ring is 1. The maximum absolute atomic E-state index is 5.85. The van der Waals surface area contributed by atoms with Crippen molar-refractivity contribution in [1.29, 1.82) is 0 Å². The van der Waals surface area contributed by atoms with Gasteiger partial charge in [0.05, 0.1) is 0 Å². The second-order valence-electron chi connectivity index (χ2n) is 3.59. The third-order valence-electron chi connectivity index (χ3n) is 2.27. The summed E-state index contributed by atoms with van der Waals surface area (Å²) in [6, 6.07) is 8.14. The number of hydrogen-bond acceptors (Lipinski definition) is 3. The zero-order valence-corrected chi connectivity index (χ0v) is 8.86. The quantitative estimate of drug-likeness (QED) is 0.767. The summed E-state index contributed by atoms with van der Waals surface area (Å²) in [5.74, 6) is 1.23. The zero-order valence-electron chi connectivity index (χ0n) is 8.86. The first-order chi connectivity index (χ1) is 7.16. The van der Waals surface area contributed by atoms with Crippen molar-refractivity contribution in [3.8, 4) is 11.1 Å². The fourth-order valence-corrected chi connectivity index (χ4v) is 1.52. The Morgan fingerprint density at radius 1 is 1.20 bits per heavy atom. The Kier molecular flexibility index (Phi) is 2.37. The molecule has 2 aromatic rings. The summed E-state index contributed by atoms with van der Waals surface area (Å²) in [5.41, 5.74) is 9.01. The first kappa shape index (κ1) is 9.65. The lowest BCUT2D eigenvalue weighted by Gasteiger charge is -2.05. The zero-order chi connectivity index (χ0) is 10.8. The van der Waals surface area contributed by atoms with Gasteiger partial charge < -0.3 is 5.73 Å². The minimum absolute atomic E-state index is 0.535. The van der Waals surface area contributed by atoms with Crippen LogP contribution < -0.4 is 5.73 Å². The molecular formula is C12H13N3. The van der Waals surface area contributed by atoms with Gasteiger partial charge in [-0.15, -0.1) is 0 Å². The number of hydrogen-bond donors (Lipinski definition) is 1. The molecule has 0 amide bonds. The summed E-state index contributed by atoms with van der Waals surface area (Å²) in [6.45, 7) is 3.88. The number of nitrogens with zero attached hydrogens (tertiary/aromatic N) is 2. The fourth-order valence-electron chi connectivity index (χ4n) is 1.52. The Morgan fingerprint density at radius 2 is 2.00 bits per heavy atom. The molecule has 1 aromatic heterocycles. The third kappa shape index (κ3) is 1.96. The molecule has 0 spiro atoms. The molecule has 2 N–H and O–H groups in total. The van der Waals surface area contributed by atoms with Gasteiger partial charge in [-0.05, 0) is 19.4 Å². The van der Waals surface area contributed by atoms with E-state index in [0.717, 1.165) is 11.1 Å². The lowest BCUT2D eigenvalue weighted by Crippen LogP contribution is -1.98. The Hall–Kier alpha value is -1.90. The molecule has 1 aromatic carbocycles. The largest absolute Gasteiger partial charge is 0.383 e. The molecule has 0 saturated carbocycles. The van der Waals surface area contributed by atoms with E-state index in [0.29, 0.717) is 11.6 Å². The summed E-state index contributed by atoms with van der Waals surface area (Å²) in [4.78, 5) is 8.30. The average molecular weight is 199 g/mol. The predicted molar refractivity (Wildman–Crippen MR) is 61.4 cm³/mol. The molecule has 2 rings (SSSR count). The van der Waals surface area contributed by atoms with E-state index >= 15 is 0 Å². The van der Waals surface area contributed by atoms with Gasteiger partial charge in [-0.2, -0.15) is 0 Å². The molecule has 3 nitrogen and oxygen atoms in total. The number of aryl methyl sites for hydroxylation is 2. The Balaban J connectivity index is 2.54. The van der Waals surface area contributed by atoms with Crippen LogP contribution in [0.5, 0.6) is 0 Å². The van der Waals surface area contributed by atoms with E-state index in [-0.39, 0.29) is 0 Å². The first-order valence-corrected chi connectivity index (χ1v) is 4.83. The topological polar surface area (TPSA) is 51.8 Å². The van der Waals surface area contributed by atoms with Crippen LogP contribution in [0.3, 0.4) is 0 Å². The van der Waals surface area contributed by atoms with Crippen molar-refractivity contribution in [1.82, 2.24) is 9.97 Å². The van der Waals surface area contributed by atoms with Gasteiger partial charge in [0, 0.05) is 11.8 Å². The number of aromatic nitrogens is 2. The molecule has 0 fully saturated rings. The molecule has 0 aliphatic rings. The van der Waals surface area contributed by atoms with Gasteiger partial charge in [0.15, 0.2) is 0 Å². The van der Waals surface area contributed by atoms with Crippen molar-refractivity contribution in [2.75, 3.05) is 5.73 Å². The monoisotopic (exact) mass is 199 g/mol. The summed E-state index contributed by atoms with van der Waals surface area (Å²) >= 11 is 0. The van der Waals surface area contributed by atoms with Gasteiger partial charge in [0.25, 0.3) is 0 Å². The summed E-state index contributed by atoms with van der Waals surface area (Å²) in [5, 5.41) is 0. The smallest absolute Gasteiger partial charge is 0.135 e. The van der Waals surface area contributed by atoms with Crippen molar-refractivity contribution in [3.05, 3.63) is 41.9 Å². The van der Waals surface area contributed by atoms with E-state index in [1.165, 1.54) is 5.56 Å². The van der Waals surface area contributed by atoms with Crippen LogP contribution in [0, 0.1) is 13.8 Å². The molecule has 0 radical (unpaired) electrons. The summed E-state index contributed by atoms with van der Waals surface area (Å²) in [6.07, 6.45) is 1.77. The molecule has 0 bridgehead atoms. The molecule has 0 unspecified atom stereocenters. The molecule has 3 heteroatoms. The van der Waals surface area contributed by atoms with Gasteiger partial charge in [-0.25, -0.2) is 9.97 Å². The number of rotatable bonds is 1. The van der Waals surface area contributed by atoms with Crippen LogP contribution in [0.15, 0.2) is 30.5 Å². The van der Waals surface area contributed by atoms with Crippen LogP contribution in [-0.4, -0.2) is 9.97 Å². The molecule has 0 saturated heterocycles. The second kappa shape index (κ2) is 3.69. The highest BCUT2D eigenvalue weighted by molar-refractivity contribution is 5.73.